The molecule has 0 aromatic heterocycles. The van der Waals surface area contributed by atoms with E-state index in [4.69, 9.17) is 10.8 Å². The Balaban J connectivity index is 2.88. The average molecular weight is 285 g/mol. The molecule has 0 heterocycles. The third-order valence-electron chi connectivity index (χ3n) is 2.45. The van der Waals surface area contributed by atoms with Crippen molar-refractivity contribution in [2.24, 2.45) is 5.73 Å². The predicted octanol–water partition coefficient (Wildman–Crippen LogP) is 0.00370. The Bertz CT molecular complexity index is 577. The molecule has 0 saturated heterocycles. The van der Waals surface area contributed by atoms with Gasteiger partial charge in [-0.05, 0) is 31.0 Å². The molecule has 0 aliphatic rings. The van der Waals surface area contributed by atoms with Crippen LogP contribution in [0.25, 0.3) is 0 Å². The van der Waals surface area contributed by atoms with Crippen molar-refractivity contribution in [3.63, 3.8) is 0 Å². The molecule has 0 aliphatic heterocycles. The summed E-state index contributed by atoms with van der Waals surface area (Å²) < 4.78 is 23.5. The molecule has 0 aliphatic carbocycles. The van der Waals surface area contributed by atoms with Crippen LogP contribution in [-0.2, 0) is 25.8 Å². The summed E-state index contributed by atoms with van der Waals surface area (Å²) in [7, 11) is -3.62. The van der Waals surface area contributed by atoms with Gasteiger partial charge in [0.15, 0.2) is 9.84 Å². The lowest BCUT2D eigenvalue weighted by atomic mass is 10.1. The lowest BCUT2D eigenvalue weighted by Crippen LogP contribution is -2.32. The van der Waals surface area contributed by atoms with Crippen molar-refractivity contribution < 1.29 is 23.1 Å². The van der Waals surface area contributed by atoms with E-state index in [1.807, 2.05) is 0 Å². The molecule has 0 fully saturated rings. The second-order valence-corrected chi connectivity index (χ2v) is 6.24. The molecular weight excluding hydrogens is 270 g/mol. The van der Waals surface area contributed by atoms with E-state index in [-0.39, 0.29) is 11.3 Å². The quantitative estimate of drug-likeness (QED) is 0.760. The number of carbonyl (C=O) groups is 2. The fourth-order valence-electron chi connectivity index (χ4n) is 1.53. The van der Waals surface area contributed by atoms with Gasteiger partial charge in [0.05, 0.1) is 4.90 Å². The molecule has 1 atom stereocenters. The van der Waals surface area contributed by atoms with Crippen molar-refractivity contribution in [1.29, 1.82) is 0 Å². The van der Waals surface area contributed by atoms with E-state index in [1.54, 1.807) is 0 Å². The zero-order valence-electron chi connectivity index (χ0n) is 10.4. The highest BCUT2D eigenvalue weighted by Gasteiger charge is 2.17. The molecule has 1 aromatic rings. The maximum absolute atomic E-state index is 11.7. The highest BCUT2D eigenvalue weighted by atomic mass is 32.2. The maximum Gasteiger partial charge on any atom is 0.320 e. The topological polar surface area (TPSA) is 115 Å². The number of hydrogen-bond acceptors (Lipinski definition) is 5. The van der Waals surface area contributed by atoms with Crippen LogP contribution in [0.4, 0.5) is 0 Å². The molecule has 0 amide bonds. The molecule has 1 unspecified atom stereocenters. The van der Waals surface area contributed by atoms with Crippen LogP contribution >= 0.6 is 0 Å². The van der Waals surface area contributed by atoms with E-state index in [1.165, 1.54) is 31.2 Å². The van der Waals surface area contributed by atoms with Crippen LogP contribution in [0.3, 0.4) is 0 Å². The molecule has 6 nitrogen and oxygen atoms in total. The summed E-state index contributed by atoms with van der Waals surface area (Å²) in [6, 6.07) is 4.66. The standard InChI is InChI=1S/C12H15NO5S/c1-8(14)7-19(17,18)10-4-2-9(3-5-10)6-11(13)12(15)16/h2-5,11H,6-7,13H2,1H3,(H,15,16). The van der Waals surface area contributed by atoms with Gasteiger partial charge in [-0.2, -0.15) is 0 Å². The summed E-state index contributed by atoms with van der Waals surface area (Å²) in [6.45, 7) is 1.21. The highest BCUT2D eigenvalue weighted by Crippen LogP contribution is 2.13. The number of hydrogen-bond donors (Lipinski definition) is 2. The third kappa shape index (κ3) is 4.46. The predicted molar refractivity (Wildman–Crippen MR) is 68.5 cm³/mol. The van der Waals surface area contributed by atoms with Crippen LogP contribution in [0, 0.1) is 0 Å². The molecule has 0 spiro atoms. The van der Waals surface area contributed by atoms with Gasteiger partial charge in [-0.25, -0.2) is 8.42 Å². The first-order valence-corrected chi connectivity index (χ1v) is 7.17. The van der Waals surface area contributed by atoms with E-state index in [0.29, 0.717) is 5.56 Å². The summed E-state index contributed by atoms with van der Waals surface area (Å²) >= 11 is 0. The largest absolute Gasteiger partial charge is 0.480 e. The summed E-state index contributed by atoms with van der Waals surface area (Å²) in [5.74, 6) is -2.09. The fraction of sp³-hybridized carbons (Fsp3) is 0.333. The van der Waals surface area contributed by atoms with Crippen LogP contribution in [0.5, 0.6) is 0 Å². The second-order valence-electron chi connectivity index (χ2n) is 4.25. The Morgan fingerprint density at radius 2 is 1.79 bits per heavy atom. The van der Waals surface area contributed by atoms with Crippen LogP contribution in [0.15, 0.2) is 29.2 Å². The van der Waals surface area contributed by atoms with Crippen LogP contribution in [-0.4, -0.2) is 37.1 Å². The summed E-state index contributed by atoms with van der Waals surface area (Å²) in [5, 5.41) is 8.67. The zero-order chi connectivity index (χ0) is 14.6. The van der Waals surface area contributed by atoms with Crippen LogP contribution < -0.4 is 5.73 Å². The minimum absolute atomic E-state index is 0.0374. The number of benzene rings is 1. The molecule has 1 aromatic carbocycles. The minimum Gasteiger partial charge on any atom is -0.480 e. The van der Waals surface area contributed by atoms with E-state index in [2.05, 4.69) is 0 Å². The second kappa shape index (κ2) is 5.94. The van der Waals surface area contributed by atoms with E-state index in [9.17, 15) is 18.0 Å². The number of carbonyl (C=O) groups excluding carboxylic acids is 1. The number of Topliss-reactive ketones (excluding diaryl/α,β-unsaturated/α-hetero) is 1. The average Bonchev–Trinajstić information content (AvgIpc) is 2.27. The van der Waals surface area contributed by atoms with Gasteiger partial charge >= 0.3 is 5.97 Å². The first kappa shape index (κ1) is 15.3. The minimum atomic E-state index is -3.62. The number of nitrogens with two attached hydrogens (primary N) is 1. The van der Waals surface area contributed by atoms with Crippen LogP contribution in [0.2, 0.25) is 0 Å². The van der Waals surface area contributed by atoms with Crippen molar-refractivity contribution in [3.8, 4) is 0 Å². The van der Waals surface area contributed by atoms with Crippen molar-refractivity contribution >= 4 is 21.6 Å². The Morgan fingerprint density at radius 3 is 2.21 bits per heavy atom. The van der Waals surface area contributed by atoms with Crippen molar-refractivity contribution in [3.05, 3.63) is 29.8 Å². The van der Waals surface area contributed by atoms with Gasteiger partial charge in [-0.15, -0.1) is 0 Å². The van der Waals surface area contributed by atoms with E-state index >= 15 is 0 Å². The molecule has 3 N–H and O–H groups in total. The van der Waals surface area contributed by atoms with Crippen molar-refractivity contribution in [2.75, 3.05) is 5.75 Å². The monoisotopic (exact) mass is 285 g/mol. The van der Waals surface area contributed by atoms with E-state index < -0.39 is 33.4 Å². The molecule has 1 rings (SSSR count). The van der Waals surface area contributed by atoms with Gasteiger partial charge in [0.1, 0.15) is 17.6 Å². The SMILES string of the molecule is CC(=O)CS(=O)(=O)c1ccc(CC(N)C(=O)O)cc1. The molecule has 0 saturated carbocycles. The first-order valence-electron chi connectivity index (χ1n) is 5.52. The highest BCUT2D eigenvalue weighted by molar-refractivity contribution is 7.92. The Hall–Kier alpha value is -1.73. The van der Waals surface area contributed by atoms with Gasteiger partial charge in [0, 0.05) is 0 Å². The van der Waals surface area contributed by atoms with Gasteiger partial charge in [-0.3, -0.25) is 9.59 Å². The first-order chi connectivity index (χ1) is 8.72. The number of ketones is 1. The summed E-state index contributed by atoms with van der Waals surface area (Å²) in [5.41, 5.74) is 6.00. The summed E-state index contributed by atoms with van der Waals surface area (Å²) in [4.78, 5) is 21.5. The van der Waals surface area contributed by atoms with Crippen LogP contribution in [0.1, 0.15) is 12.5 Å². The van der Waals surface area contributed by atoms with Gasteiger partial charge < -0.3 is 10.8 Å². The van der Waals surface area contributed by atoms with Gasteiger partial charge in [0.25, 0.3) is 0 Å². The van der Waals surface area contributed by atoms with Gasteiger partial charge in [-0.1, -0.05) is 12.1 Å². The third-order valence-corrected chi connectivity index (χ3v) is 4.23. The molecular formula is C12H15NO5S. The van der Waals surface area contributed by atoms with Crippen molar-refractivity contribution in [1.82, 2.24) is 0 Å². The van der Waals surface area contributed by atoms with Crippen molar-refractivity contribution in [2.45, 2.75) is 24.3 Å². The fourth-order valence-corrected chi connectivity index (χ4v) is 2.78. The Morgan fingerprint density at radius 1 is 1.26 bits per heavy atom. The number of carboxylic acids is 1. The normalized spacial score (nSPS) is 12.9. The van der Waals surface area contributed by atoms with E-state index in [0.717, 1.165) is 0 Å². The Labute approximate surface area is 111 Å². The molecule has 19 heavy (non-hydrogen) atoms. The van der Waals surface area contributed by atoms with Gasteiger partial charge in [0.2, 0.25) is 0 Å². The Kier molecular flexibility index (Phi) is 4.79. The smallest absolute Gasteiger partial charge is 0.320 e. The summed E-state index contributed by atoms with van der Waals surface area (Å²) in [6.07, 6.45) is 0.113. The zero-order valence-corrected chi connectivity index (χ0v) is 11.2. The molecule has 7 heteroatoms. The number of rotatable bonds is 6. The molecule has 0 bridgehead atoms. The maximum atomic E-state index is 11.7. The number of carboxylic acid groups (broad SMARTS) is 1. The molecule has 0 radical (unpaired) electrons. The molecule has 104 valence electrons. The number of sulfone groups is 1. The lowest BCUT2D eigenvalue weighted by molar-refractivity contribution is -0.138. The number of aliphatic carboxylic acids is 1. The lowest BCUT2D eigenvalue weighted by Gasteiger charge is -2.07.